The van der Waals surface area contributed by atoms with Gasteiger partial charge in [0.05, 0.1) is 10.6 Å². The van der Waals surface area contributed by atoms with Gasteiger partial charge in [0, 0.05) is 37.7 Å². The Kier molecular flexibility index (Phi) is 8.69. The Morgan fingerprint density at radius 2 is 1.62 bits per heavy atom. The van der Waals surface area contributed by atoms with Gasteiger partial charge in [-0.3, -0.25) is 14.0 Å². The molecule has 0 bridgehead atoms. The van der Waals surface area contributed by atoms with Gasteiger partial charge in [-0.15, -0.1) is 0 Å². The predicted molar refractivity (Wildman–Crippen MR) is 150 cm³/mol. The standard InChI is InChI=1S/C29H32ClN3O3S/c1-23-10-13-27(14-11-23)37(35,36)33(28-15-12-26(30)21-24(28)2)22-29(34)32-19-17-31(18-20-32)16-6-9-25-7-4-3-5-8-25/h3-15,21H,16-20,22H2,1-2H3/b9-6+. The SMILES string of the molecule is Cc1ccc(S(=O)(=O)N(CC(=O)N2CCN(C/C=C/c3ccccc3)CC2)c2ccc(Cl)cc2C)cc1. The van der Waals surface area contributed by atoms with E-state index in [0.29, 0.717) is 29.4 Å². The molecule has 3 aromatic carbocycles. The van der Waals surface area contributed by atoms with E-state index >= 15 is 0 Å². The van der Waals surface area contributed by atoms with Gasteiger partial charge in [-0.1, -0.05) is 71.8 Å². The summed E-state index contributed by atoms with van der Waals surface area (Å²) in [5.41, 5.74) is 3.25. The summed E-state index contributed by atoms with van der Waals surface area (Å²) in [7, 11) is -3.97. The zero-order valence-electron chi connectivity index (χ0n) is 21.2. The Labute approximate surface area is 224 Å². The molecule has 3 aromatic rings. The van der Waals surface area contributed by atoms with Crippen molar-refractivity contribution in [2.24, 2.45) is 0 Å². The second-order valence-corrected chi connectivity index (χ2v) is 11.5. The minimum absolute atomic E-state index is 0.148. The Morgan fingerprint density at radius 1 is 0.946 bits per heavy atom. The third-order valence-corrected chi connectivity index (χ3v) is 8.52. The predicted octanol–water partition coefficient (Wildman–Crippen LogP) is 5.01. The maximum Gasteiger partial charge on any atom is 0.264 e. The molecule has 6 nitrogen and oxygen atoms in total. The number of hydrogen-bond acceptors (Lipinski definition) is 4. The minimum atomic E-state index is -3.97. The van der Waals surface area contributed by atoms with Gasteiger partial charge < -0.3 is 4.90 Å². The Hall–Kier alpha value is -3.13. The highest BCUT2D eigenvalue weighted by Crippen LogP contribution is 2.29. The van der Waals surface area contributed by atoms with Gasteiger partial charge in [-0.2, -0.15) is 0 Å². The van der Waals surface area contributed by atoms with Crippen LogP contribution >= 0.6 is 11.6 Å². The van der Waals surface area contributed by atoms with Crippen LogP contribution in [0.3, 0.4) is 0 Å². The molecule has 0 aromatic heterocycles. The summed E-state index contributed by atoms with van der Waals surface area (Å²) in [5.74, 6) is -0.218. The van der Waals surface area contributed by atoms with Crippen LogP contribution in [0.5, 0.6) is 0 Å². The molecule has 1 saturated heterocycles. The Morgan fingerprint density at radius 3 is 2.27 bits per heavy atom. The van der Waals surface area contributed by atoms with Gasteiger partial charge in [-0.25, -0.2) is 8.42 Å². The lowest BCUT2D eigenvalue weighted by atomic mass is 10.2. The van der Waals surface area contributed by atoms with E-state index in [1.165, 1.54) is 4.31 Å². The van der Waals surface area contributed by atoms with E-state index in [1.807, 2.05) is 25.1 Å². The maximum atomic E-state index is 13.7. The van der Waals surface area contributed by atoms with Crippen LogP contribution in [-0.2, 0) is 14.8 Å². The van der Waals surface area contributed by atoms with Crippen LogP contribution in [-0.4, -0.2) is 63.4 Å². The van der Waals surface area contributed by atoms with E-state index in [9.17, 15) is 13.2 Å². The Balaban J connectivity index is 1.46. The molecule has 8 heteroatoms. The molecule has 0 spiro atoms. The van der Waals surface area contributed by atoms with E-state index < -0.39 is 10.0 Å². The number of carbonyl (C=O) groups excluding carboxylic acids is 1. The van der Waals surface area contributed by atoms with Crippen molar-refractivity contribution in [3.63, 3.8) is 0 Å². The minimum Gasteiger partial charge on any atom is -0.339 e. The first-order valence-electron chi connectivity index (χ1n) is 12.3. The highest BCUT2D eigenvalue weighted by Gasteiger charge is 2.31. The summed E-state index contributed by atoms with van der Waals surface area (Å²) < 4.78 is 28.6. The van der Waals surface area contributed by atoms with Gasteiger partial charge in [-0.05, 0) is 55.3 Å². The molecule has 0 aliphatic carbocycles. The van der Waals surface area contributed by atoms with Crippen LogP contribution in [0.1, 0.15) is 16.7 Å². The molecule has 37 heavy (non-hydrogen) atoms. The van der Waals surface area contributed by atoms with Crippen molar-refractivity contribution in [2.75, 3.05) is 43.6 Å². The van der Waals surface area contributed by atoms with E-state index in [-0.39, 0.29) is 17.3 Å². The summed E-state index contributed by atoms with van der Waals surface area (Å²) in [6, 6.07) is 21.8. The van der Waals surface area contributed by atoms with Crippen molar-refractivity contribution in [3.8, 4) is 0 Å². The third kappa shape index (κ3) is 6.80. The maximum absolute atomic E-state index is 13.7. The molecule has 194 valence electrons. The number of aryl methyl sites for hydroxylation is 2. The van der Waals surface area contributed by atoms with Crippen molar-refractivity contribution < 1.29 is 13.2 Å². The highest BCUT2D eigenvalue weighted by molar-refractivity contribution is 7.92. The Bertz CT molecular complexity index is 1350. The number of benzene rings is 3. The number of anilines is 1. The second-order valence-electron chi connectivity index (χ2n) is 9.25. The van der Waals surface area contributed by atoms with Crippen LogP contribution in [0, 0.1) is 13.8 Å². The summed E-state index contributed by atoms with van der Waals surface area (Å²) in [4.78, 5) is 17.5. The van der Waals surface area contributed by atoms with Gasteiger partial charge >= 0.3 is 0 Å². The second kappa shape index (κ2) is 11.9. The van der Waals surface area contributed by atoms with Gasteiger partial charge in [0.1, 0.15) is 6.54 Å². The van der Waals surface area contributed by atoms with Crippen molar-refractivity contribution in [1.82, 2.24) is 9.80 Å². The molecular weight excluding hydrogens is 506 g/mol. The normalized spacial score (nSPS) is 14.7. The largest absolute Gasteiger partial charge is 0.339 e. The lowest BCUT2D eigenvalue weighted by Crippen LogP contribution is -2.51. The van der Waals surface area contributed by atoms with Crippen LogP contribution in [0.4, 0.5) is 5.69 Å². The van der Waals surface area contributed by atoms with E-state index in [0.717, 1.165) is 30.8 Å². The molecule has 1 aliphatic rings. The average molecular weight is 538 g/mol. The summed E-state index contributed by atoms with van der Waals surface area (Å²) in [6.45, 7) is 6.79. The third-order valence-electron chi connectivity index (χ3n) is 6.51. The molecule has 1 fully saturated rings. The fraction of sp³-hybridized carbons (Fsp3) is 0.276. The number of halogens is 1. The van der Waals surface area contributed by atoms with Gasteiger partial charge in [0.2, 0.25) is 5.91 Å². The van der Waals surface area contributed by atoms with Crippen LogP contribution in [0.25, 0.3) is 6.08 Å². The first-order valence-corrected chi connectivity index (χ1v) is 14.1. The molecule has 4 rings (SSSR count). The molecule has 0 unspecified atom stereocenters. The molecule has 0 N–H and O–H groups in total. The zero-order valence-corrected chi connectivity index (χ0v) is 22.8. The molecule has 0 atom stereocenters. The first-order chi connectivity index (χ1) is 17.7. The van der Waals surface area contributed by atoms with E-state index in [4.69, 9.17) is 11.6 Å². The number of hydrogen-bond donors (Lipinski definition) is 0. The first kappa shape index (κ1) is 26.9. The summed E-state index contributed by atoms with van der Waals surface area (Å²) in [6.07, 6.45) is 4.23. The van der Waals surface area contributed by atoms with E-state index in [1.54, 1.807) is 54.3 Å². The molecule has 1 aliphatic heterocycles. The lowest BCUT2D eigenvalue weighted by Gasteiger charge is -2.35. The topological polar surface area (TPSA) is 60.9 Å². The number of amides is 1. The smallest absolute Gasteiger partial charge is 0.264 e. The quantitative estimate of drug-likeness (QED) is 0.405. The summed E-state index contributed by atoms with van der Waals surface area (Å²) in [5, 5.41) is 0.512. The number of carbonyl (C=O) groups is 1. The molecule has 1 heterocycles. The number of sulfonamides is 1. The van der Waals surface area contributed by atoms with Gasteiger partial charge in [0.25, 0.3) is 10.0 Å². The van der Waals surface area contributed by atoms with Crippen LogP contribution < -0.4 is 4.31 Å². The lowest BCUT2D eigenvalue weighted by molar-refractivity contribution is -0.131. The molecule has 1 amide bonds. The van der Waals surface area contributed by atoms with Crippen LogP contribution in [0.2, 0.25) is 5.02 Å². The number of rotatable bonds is 8. The zero-order chi connectivity index (χ0) is 26.4. The monoisotopic (exact) mass is 537 g/mol. The fourth-order valence-corrected chi connectivity index (χ4v) is 6.05. The summed E-state index contributed by atoms with van der Waals surface area (Å²) >= 11 is 6.13. The number of piperazine rings is 1. The number of nitrogens with zero attached hydrogens (tertiary/aromatic N) is 3. The van der Waals surface area contributed by atoms with E-state index in [2.05, 4.69) is 29.2 Å². The van der Waals surface area contributed by atoms with Crippen molar-refractivity contribution in [1.29, 1.82) is 0 Å². The molecule has 0 saturated carbocycles. The average Bonchev–Trinajstić information content (AvgIpc) is 2.89. The van der Waals surface area contributed by atoms with Crippen LogP contribution in [0.15, 0.2) is 83.8 Å². The van der Waals surface area contributed by atoms with Gasteiger partial charge in [0.15, 0.2) is 0 Å². The highest BCUT2D eigenvalue weighted by atomic mass is 35.5. The fourth-order valence-electron chi connectivity index (χ4n) is 4.34. The van der Waals surface area contributed by atoms with Crippen molar-refractivity contribution in [3.05, 3.63) is 101 Å². The van der Waals surface area contributed by atoms with Crippen molar-refractivity contribution >= 4 is 39.3 Å². The molecule has 0 radical (unpaired) electrons. The molecular formula is C29H32ClN3O3S. The van der Waals surface area contributed by atoms with Crippen molar-refractivity contribution in [2.45, 2.75) is 18.7 Å².